The molecule has 0 spiro atoms. The summed E-state index contributed by atoms with van der Waals surface area (Å²) in [4.78, 5) is 19.9. The van der Waals surface area contributed by atoms with Crippen LogP contribution in [0.1, 0.15) is 11.5 Å². The Morgan fingerprint density at radius 3 is 2.70 bits per heavy atom. The standard InChI is InChI=1S/C27H32N8OS/c1-17-29-19-9-6-7-11-22(19)35(17)26-25-20(10-8-14-37-25)30-27(32-26)31-21-15-18(28)23(16-24(21)36-5)34(4)13-12-33(2)3/h6-11,15-16H,12-14,28H2,1-5H3,(H,30,31,32). The van der Waals surface area contributed by atoms with Crippen molar-refractivity contribution < 1.29 is 4.74 Å². The SMILES string of the molecule is COc1cc(N(C)CCN(C)C)c(N)cc1Nc1nc2c(c(-n3c(C)nc4ccccc43)n1)SCC=C2. The van der Waals surface area contributed by atoms with Gasteiger partial charge < -0.3 is 25.6 Å². The van der Waals surface area contributed by atoms with Crippen LogP contribution >= 0.6 is 11.8 Å². The lowest BCUT2D eigenvalue weighted by Gasteiger charge is -2.24. The van der Waals surface area contributed by atoms with E-state index in [2.05, 4.69) is 45.9 Å². The minimum atomic E-state index is 0.462. The first-order valence-corrected chi connectivity index (χ1v) is 13.1. The molecule has 192 valence electrons. The molecule has 1 aliphatic heterocycles. The first-order chi connectivity index (χ1) is 17.9. The van der Waals surface area contributed by atoms with Crippen LogP contribution in [0.15, 0.2) is 47.4 Å². The average Bonchev–Trinajstić information content (AvgIpc) is 3.22. The first kappa shape index (κ1) is 24.9. The number of fused-ring (bicyclic) bond motifs is 2. The van der Waals surface area contributed by atoms with Gasteiger partial charge in [-0.2, -0.15) is 4.98 Å². The molecule has 37 heavy (non-hydrogen) atoms. The van der Waals surface area contributed by atoms with E-state index < -0.39 is 0 Å². The minimum absolute atomic E-state index is 0.462. The molecular formula is C27H32N8OS. The van der Waals surface area contributed by atoms with Crippen molar-refractivity contribution >= 4 is 51.9 Å². The van der Waals surface area contributed by atoms with Gasteiger partial charge in [0.2, 0.25) is 5.95 Å². The van der Waals surface area contributed by atoms with Gasteiger partial charge in [-0.1, -0.05) is 18.2 Å². The van der Waals surface area contributed by atoms with Crippen LogP contribution in [0.3, 0.4) is 0 Å². The molecule has 0 saturated carbocycles. The number of thioether (sulfide) groups is 1. The topological polar surface area (TPSA) is 97.4 Å². The summed E-state index contributed by atoms with van der Waals surface area (Å²) in [5, 5.41) is 3.37. The minimum Gasteiger partial charge on any atom is -0.494 e. The molecule has 2 aromatic heterocycles. The van der Waals surface area contributed by atoms with E-state index in [1.54, 1.807) is 18.9 Å². The molecule has 0 saturated heterocycles. The fraction of sp³-hybridized carbons (Fsp3) is 0.296. The van der Waals surface area contributed by atoms with Crippen LogP contribution < -0.4 is 20.7 Å². The zero-order chi connectivity index (χ0) is 26.1. The second-order valence-corrected chi connectivity index (χ2v) is 10.3. The molecule has 0 bridgehead atoms. The molecule has 0 fully saturated rings. The Hall–Kier alpha value is -3.76. The predicted molar refractivity (Wildman–Crippen MR) is 154 cm³/mol. The highest BCUT2D eigenvalue weighted by Gasteiger charge is 2.21. The predicted octanol–water partition coefficient (Wildman–Crippen LogP) is 4.58. The summed E-state index contributed by atoms with van der Waals surface area (Å²) in [6, 6.07) is 11.9. The van der Waals surface area contributed by atoms with E-state index in [-0.39, 0.29) is 0 Å². The number of anilines is 4. The molecule has 9 nitrogen and oxygen atoms in total. The summed E-state index contributed by atoms with van der Waals surface area (Å²) in [6.45, 7) is 3.75. The summed E-state index contributed by atoms with van der Waals surface area (Å²) in [6.07, 6.45) is 4.16. The van der Waals surface area contributed by atoms with Gasteiger partial charge >= 0.3 is 0 Å². The molecular weight excluding hydrogens is 484 g/mol. The normalized spacial score (nSPS) is 12.7. The summed E-state index contributed by atoms with van der Waals surface area (Å²) in [5.41, 5.74) is 11.6. The molecule has 0 unspecified atom stereocenters. The fourth-order valence-electron chi connectivity index (χ4n) is 4.39. The van der Waals surface area contributed by atoms with Crippen LogP contribution in [0.25, 0.3) is 22.9 Å². The smallest absolute Gasteiger partial charge is 0.229 e. The molecule has 2 aromatic carbocycles. The highest BCUT2D eigenvalue weighted by molar-refractivity contribution is 7.99. The van der Waals surface area contributed by atoms with Gasteiger partial charge in [0.1, 0.15) is 11.6 Å². The Kier molecular flexibility index (Phi) is 6.94. The van der Waals surface area contributed by atoms with Crippen molar-refractivity contribution in [3.05, 3.63) is 54.0 Å². The molecule has 0 amide bonds. The largest absolute Gasteiger partial charge is 0.494 e. The van der Waals surface area contributed by atoms with Crippen molar-refractivity contribution in [2.45, 2.75) is 11.8 Å². The van der Waals surface area contributed by atoms with Gasteiger partial charge in [0.25, 0.3) is 0 Å². The summed E-state index contributed by atoms with van der Waals surface area (Å²) >= 11 is 1.73. The number of benzene rings is 2. The number of hydrogen-bond donors (Lipinski definition) is 2. The lowest BCUT2D eigenvalue weighted by molar-refractivity contribution is 0.413. The van der Waals surface area contributed by atoms with Gasteiger partial charge in [-0.3, -0.25) is 4.57 Å². The third kappa shape index (κ3) is 4.94. The van der Waals surface area contributed by atoms with E-state index in [9.17, 15) is 0 Å². The van der Waals surface area contributed by atoms with E-state index >= 15 is 0 Å². The molecule has 5 rings (SSSR count). The number of aryl methyl sites for hydroxylation is 1. The number of nitrogens with zero attached hydrogens (tertiary/aromatic N) is 6. The molecule has 3 N–H and O–H groups in total. The Labute approximate surface area is 221 Å². The molecule has 3 heterocycles. The second-order valence-electron chi connectivity index (χ2n) is 9.24. The van der Waals surface area contributed by atoms with Crippen LogP contribution in [0.5, 0.6) is 5.75 Å². The Bertz CT molecular complexity index is 1480. The van der Waals surface area contributed by atoms with Crippen molar-refractivity contribution in [1.29, 1.82) is 0 Å². The molecule has 4 aromatic rings. The highest BCUT2D eigenvalue weighted by Crippen LogP contribution is 2.38. The van der Waals surface area contributed by atoms with Crippen molar-refractivity contribution in [1.82, 2.24) is 24.4 Å². The van der Waals surface area contributed by atoms with Crippen LogP contribution in [-0.2, 0) is 0 Å². The fourth-order valence-corrected chi connectivity index (χ4v) is 5.28. The van der Waals surface area contributed by atoms with Crippen molar-refractivity contribution in [3.8, 4) is 11.6 Å². The van der Waals surface area contributed by atoms with E-state index in [1.807, 2.05) is 50.4 Å². The number of rotatable bonds is 8. The molecule has 0 radical (unpaired) electrons. The zero-order valence-electron chi connectivity index (χ0n) is 21.8. The number of nitrogen functional groups attached to an aromatic ring is 1. The van der Waals surface area contributed by atoms with Crippen molar-refractivity contribution in [3.63, 3.8) is 0 Å². The van der Waals surface area contributed by atoms with Crippen LogP contribution in [0, 0.1) is 6.92 Å². The number of para-hydroxylation sites is 2. The van der Waals surface area contributed by atoms with Gasteiger partial charge in [-0.25, -0.2) is 9.97 Å². The third-order valence-corrected chi connectivity index (χ3v) is 7.34. The van der Waals surface area contributed by atoms with E-state index in [1.165, 1.54) is 0 Å². The second kappa shape index (κ2) is 10.3. The number of ether oxygens (including phenoxy) is 1. The molecule has 10 heteroatoms. The van der Waals surface area contributed by atoms with Crippen LogP contribution in [0.4, 0.5) is 23.0 Å². The van der Waals surface area contributed by atoms with Gasteiger partial charge in [0.15, 0.2) is 5.82 Å². The summed E-state index contributed by atoms with van der Waals surface area (Å²) in [5.74, 6) is 3.67. The molecule has 0 aliphatic carbocycles. The van der Waals surface area contributed by atoms with Gasteiger partial charge in [0, 0.05) is 32.0 Å². The lowest BCUT2D eigenvalue weighted by Crippen LogP contribution is -2.29. The number of hydrogen-bond acceptors (Lipinski definition) is 9. The van der Waals surface area contributed by atoms with E-state index in [4.69, 9.17) is 25.4 Å². The number of nitrogens with two attached hydrogens (primary N) is 1. The monoisotopic (exact) mass is 516 g/mol. The first-order valence-electron chi connectivity index (χ1n) is 12.1. The maximum atomic E-state index is 6.49. The Morgan fingerprint density at radius 1 is 1.11 bits per heavy atom. The lowest BCUT2D eigenvalue weighted by atomic mass is 10.2. The Morgan fingerprint density at radius 2 is 1.92 bits per heavy atom. The number of imidazole rings is 1. The van der Waals surface area contributed by atoms with Crippen molar-refractivity contribution in [2.75, 3.05) is 63.0 Å². The number of aromatic nitrogens is 4. The van der Waals surface area contributed by atoms with Crippen LogP contribution in [0.2, 0.25) is 0 Å². The average molecular weight is 517 g/mol. The van der Waals surface area contributed by atoms with Gasteiger partial charge in [-0.05, 0) is 45.3 Å². The van der Waals surface area contributed by atoms with Gasteiger partial charge in [-0.15, -0.1) is 11.8 Å². The van der Waals surface area contributed by atoms with Gasteiger partial charge in [0.05, 0.1) is 45.8 Å². The number of nitrogens with one attached hydrogen (secondary N) is 1. The third-order valence-electron chi connectivity index (χ3n) is 6.30. The van der Waals surface area contributed by atoms with E-state index in [0.29, 0.717) is 23.1 Å². The Balaban J connectivity index is 1.56. The van der Waals surface area contributed by atoms with E-state index in [0.717, 1.165) is 57.8 Å². The number of likely N-dealkylation sites (N-methyl/N-ethyl adjacent to an activating group) is 2. The molecule has 1 aliphatic rings. The zero-order valence-corrected chi connectivity index (χ0v) is 22.6. The molecule has 0 atom stereocenters. The highest BCUT2D eigenvalue weighted by atomic mass is 32.2. The van der Waals surface area contributed by atoms with Crippen LogP contribution in [-0.4, -0.2) is 71.5 Å². The number of methoxy groups -OCH3 is 1. The maximum Gasteiger partial charge on any atom is 0.229 e. The van der Waals surface area contributed by atoms with Crippen molar-refractivity contribution in [2.24, 2.45) is 0 Å². The summed E-state index contributed by atoms with van der Waals surface area (Å²) < 4.78 is 7.84. The summed E-state index contributed by atoms with van der Waals surface area (Å²) in [7, 11) is 7.79. The quantitative estimate of drug-likeness (QED) is 0.326. The maximum absolute atomic E-state index is 6.49.